The number of rotatable bonds is 2. The minimum absolute atomic E-state index is 0.0104. The van der Waals surface area contributed by atoms with E-state index in [1.54, 1.807) is 11.9 Å². The number of carbonyl (C=O) groups excluding carboxylic acids is 2. The molecule has 5 nitrogen and oxygen atoms in total. The molecular formula is C18H22F2N2O3. The number of amides is 2. The molecule has 136 valence electrons. The Morgan fingerprint density at radius 2 is 1.76 bits per heavy atom. The molecule has 0 aromatic heterocycles. The first kappa shape index (κ1) is 17.6. The molecule has 3 rings (SSSR count). The Kier molecular flexibility index (Phi) is 4.67. The molecule has 0 unspecified atom stereocenters. The third-order valence-electron chi connectivity index (χ3n) is 5.44. The third-order valence-corrected chi connectivity index (χ3v) is 5.44. The summed E-state index contributed by atoms with van der Waals surface area (Å²) in [6.45, 7) is 1.55. The molecule has 2 heterocycles. The van der Waals surface area contributed by atoms with Crippen LogP contribution in [0.5, 0.6) is 5.75 Å². The van der Waals surface area contributed by atoms with Crippen LogP contribution >= 0.6 is 0 Å². The number of carbonyl (C=O) groups is 2. The topological polar surface area (TPSA) is 49.9 Å². The Bertz CT molecular complexity index is 677. The summed E-state index contributed by atoms with van der Waals surface area (Å²) in [4.78, 5) is 27.5. The van der Waals surface area contributed by atoms with Gasteiger partial charge in [-0.15, -0.1) is 0 Å². The number of hydrogen-bond acceptors (Lipinski definition) is 3. The second-order valence-corrected chi connectivity index (χ2v) is 7.01. The van der Waals surface area contributed by atoms with Gasteiger partial charge in [0.2, 0.25) is 5.91 Å². The van der Waals surface area contributed by atoms with Gasteiger partial charge in [0.05, 0.1) is 7.11 Å². The predicted octanol–water partition coefficient (Wildman–Crippen LogP) is 2.45. The van der Waals surface area contributed by atoms with Crippen LogP contribution in [0.3, 0.4) is 0 Å². The zero-order chi connectivity index (χ0) is 18.2. The van der Waals surface area contributed by atoms with Crippen molar-refractivity contribution in [1.82, 2.24) is 9.80 Å². The van der Waals surface area contributed by atoms with Crippen LogP contribution < -0.4 is 4.74 Å². The Hall–Kier alpha value is -2.18. The fourth-order valence-electron chi connectivity index (χ4n) is 3.86. The van der Waals surface area contributed by atoms with Crippen LogP contribution in [0.2, 0.25) is 0 Å². The van der Waals surface area contributed by atoms with E-state index >= 15 is 0 Å². The van der Waals surface area contributed by atoms with E-state index in [1.165, 1.54) is 12.0 Å². The van der Waals surface area contributed by atoms with Gasteiger partial charge in [-0.1, -0.05) is 0 Å². The van der Waals surface area contributed by atoms with Crippen LogP contribution in [0.1, 0.15) is 36.0 Å². The Balaban J connectivity index is 1.71. The number of halogens is 2. The van der Waals surface area contributed by atoms with Crippen molar-refractivity contribution >= 4 is 11.8 Å². The van der Waals surface area contributed by atoms with Gasteiger partial charge < -0.3 is 14.5 Å². The van der Waals surface area contributed by atoms with E-state index in [9.17, 15) is 18.4 Å². The minimum atomic E-state index is -0.912. The van der Waals surface area contributed by atoms with E-state index in [-0.39, 0.29) is 17.1 Å². The van der Waals surface area contributed by atoms with Crippen LogP contribution in [-0.4, -0.2) is 55.4 Å². The van der Waals surface area contributed by atoms with E-state index in [0.717, 1.165) is 31.4 Å². The number of benzene rings is 1. The fraction of sp³-hybridized carbons (Fsp3) is 0.556. The molecule has 2 amide bonds. The molecule has 7 heteroatoms. The van der Waals surface area contributed by atoms with Crippen molar-refractivity contribution in [3.05, 3.63) is 29.3 Å². The van der Waals surface area contributed by atoms with Crippen LogP contribution in [0.25, 0.3) is 0 Å². The Labute approximate surface area is 145 Å². The van der Waals surface area contributed by atoms with Crippen LogP contribution in [0.15, 0.2) is 12.1 Å². The number of likely N-dealkylation sites (tertiary alicyclic amines) is 2. The van der Waals surface area contributed by atoms with Crippen molar-refractivity contribution in [1.29, 1.82) is 0 Å². The van der Waals surface area contributed by atoms with Gasteiger partial charge in [-0.25, -0.2) is 8.78 Å². The molecule has 25 heavy (non-hydrogen) atoms. The molecular weight excluding hydrogens is 330 g/mol. The monoisotopic (exact) mass is 352 g/mol. The van der Waals surface area contributed by atoms with Gasteiger partial charge in [0.1, 0.15) is 22.9 Å². The number of nitrogens with zero attached hydrogens (tertiary/aromatic N) is 2. The highest BCUT2D eigenvalue weighted by Crippen LogP contribution is 2.40. The average Bonchev–Trinajstić information content (AvgIpc) is 2.58. The smallest absolute Gasteiger partial charge is 0.259 e. The summed E-state index contributed by atoms with van der Waals surface area (Å²) >= 11 is 0. The predicted molar refractivity (Wildman–Crippen MR) is 87.4 cm³/mol. The standard InChI is InChI=1S/C18H22F2N2O3/c1-21-11-18(4-3-15(21)23)5-7-22(8-6-18)17(24)16-13(19)9-12(25-2)10-14(16)20/h9-10H,3-8,11H2,1-2H3. The lowest BCUT2D eigenvalue weighted by atomic mass is 9.72. The van der Waals surface area contributed by atoms with Crippen LogP contribution in [0, 0.1) is 17.0 Å². The Morgan fingerprint density at radius 3 is 2.28 bits per heavy atom. The first-order chi connectivity index (χ1) is 11.8. The molecule has 0 saturated carbocycles. The molecule has 0 aliphatic carbocycles. The molecule has 2 fully saturated rings. The van der Waals surface area contributed by atoms with Crippen molar-refractivity contribution < 1.29 is 23.1 Å². The van der Waals surface area contributed by atoms with E-state index in [2.05, 4.69) is 0 Å². The zero-order valence-electron chi connectivity index (χ0n) is 14.5. The summed E-state index contributed by atoms with van der Waals surface area (Å²) in [7, 11) is 3.11. The van der Waals surface area contributed by atoms with Crippen molar-refractivity contribution in [2.45, 2.75) is 25.7 Å². The van der Waals surface area contributed by atoms with E-state index < -0.39 is 23.1 Å². The molecule has 1 aromatic rings. The maximum absolute atomic E-state index is 14.1. The molecule has 0 N–H and O–H groups in total. The minimum Gasteiger partial charge on any atom is -0.497 e. The number of piperidine rings is 2. The lowest BCUT2D eigenvalue weighted by Crippen LogP contribution is -2.51. The van der Waals surface area contributed by atoms with Crippen molar-refractivity contribution in [2.75, 3.05) is 33.8 Å². The summed E-state index contributed by atoms with van der Waals surface area (Å²) < 4.78 is 33.1. The number of methoxy groups -OCH3 is 1. The van der Waals surface area contributed by atoms with Crippen LogP contribution in [0.4, 0.5) is 8.78 Å². The molecule has 0 atom stereocenters. The lowest BCUT2D eigenvalue weighted by molar-refractivity contribution is -0.137. The molecule has 0 bridgehead atoms. The lowest BCUT2D eigenvalue weighted by Gasteiger charge is -2.46. The summed E-state index contributed by atoms with van der Waals surface area (Å²) in [5.74, 6) is -2.27. The molecule has 2 saturated heterocycles. The highest BCUT2D eigenvalue weighted by Gasteiger charge is 2.41. The van der Waals surface area contributed by atoms with Gasteiger partial charge in [0.25, 0.3) is 5.91 Å². The van der Waals surface area contributed by atoms with Gasteiger partial charge in [0.15, 0.2) is 0 Å². The highest BCUT2D eigenvalue weighted by molar-refractivity contribution is 5.95. The van der Waals surface area contributed by atoms with Gasteiger partial charge in [-0.05, 0) is 24.7 Å². The summed E-state index contributed by atoms with van der Waals surface area (Å²) in [5, 5.41) is 0. The molecule has 2 aliphatic heterocycles. The fourth-order valence-corrected chi connectivity index (χ4v) is 3.86. The average molecular weight is 352 g/mol. The molecule has 0 radical (unpaired) electrons. The largest absolute Gasteiger partial charge is 0.497 e. The number of ether oxygens (including phenoxy) is 1. The maximum atomic E-state index is 14.1. The first-order valence-corrected chi connectivity index (χ1v) is 8.41. The Morgan fingerprint density at radius 1 is 1.16 bits per heavy atom. The quantitative estimate of drug-likeness (QED) is 0.822. The summed E-state index contributed by atoms with van der Waals surface area (Å²) in [6.07, 6.45) is 2.79. The van der Waals surface area contributed by atoms with Crippen molar-refractivity contribution in [3.8, 4) is 5.75 Å². The molecule has 1 spiro atoms. The van der Waals surface area contributed by atoms with Crippen molar-refractivity contribution in [3.63, 3.8) is 0 Å². The first-order valence-electron chi connectivity index (χ1n) is 8.41. The third kappa shape index (κ3) is 3.32. The molecule has 2 aliphatic rings. The normalized spacial score (nSPS) is 20.1. The maximum Gasteiger partial charge on any atom is 0.259 e. The van der Waals surface area contributed by atoms with E-state index in [0.29, 0.717) is 26.1 Å². The van der Waals surface area contributed by atoms with Gasteiger partial charge in [-0.2, -0.15) is 0 Å². The second kappa shape index (κ2) is 6.61. The van der Waals surface area contributed by atoms with Gasteiger partial charge in [0, 0.05) is 45.2 Å². The highest BCUT2D eigenvalue weighted by atomic mass is 19.1. The van der Waals surface area contributed by atoms with E-state index in [4.69, 9.17) is 4.74 Å². The zero-order valence-corrected chi connectivity index (χ0v) is 14.5. The number of hydrogen-bond donors (Lipinski definition) is 0. The SMILES string of the molecule is COc1cc(F)c(C(=O)N2CCC3(CCC(=O)N(C)C3)CC2)c(F)c1. The molecule has 1 aromatic carbocycles. The van der Waals surface area contributed by atoms with Gasteiger partial charge >= 0.3 is 0 Å². The summed E-state index contributed by atoms with van der Waals surface area (Å²) in [5.41, 5.74) is -0.524. The van der Waals surface area contributed by atoms with E-state index in [1.807, 2.05) is 0 Å². The van der Waals surface area contributed by atoms with Crippen LogP contribution in [-0.2, 0) is 4.79 Å². The van der Waals surface area contributed by atoms with Crippen molar-refractivity contribution in [2.24, 2.45) is 5.41 Å². The van der Waals surface area contributed by atoms with Gasteiger partial charge in [-0.3, -0.25) is 9.59 Å². The summed E-state index contributed by atoms with van der Waals surface area (Å²) in [6, 6.07) is 2.03. The second-order valence-electron chi connectivity index (χ2n) is 7.01.